The minimum absolute atomic E-state index is 0.785. The van der Waals surface area contributed by atoms with Crippen molar-refractivity contribution in [2.45, 2.75) is 25.8 Å². The van der Waals surface area contributed by atoms with Gasteiger partial charge in [-0.25, -0.2) is 0 Å². The summed E-state index contributed by atoms with van der Waals surface area (Å²) in [5.74, 6) is 0. The number of hydrogen-bond acceptors (Lipinski definition) is 1. The molecule has 2 heterocycles. The highest BCUT2D eigenvalue weighted by Crippen LogP contribution is 2.80. The molecule has 1 nitrogen and oxygen atoms in total. The largest absolute Gasteiger partial charge is 0.313 e. The van der Waals surface area contributed by atoms with E-state index < -0.39 is 0 Å². The summed E-state index contributed by atoms with van der Waals surface area (Å²) in [6.45, 7) is 3.76. The summed E-state index contributed by atoms with van der Waals surface area (Å²) in [6, 6.07) is 0.919. The first-order valence-corrected chi connectivity index (χ1v) is 3.50. The van der Waals surface area contributed by atoms with E-state index in [1.807, 2.05) is 0 Å². The number of nitrogens with one attached hydrogen (secondary N) is 1. The van der Waals surface area contributed by atoms with E-state index in [1.165, 1.54) is 19.4 Å². The standard InChI is InChI=1S/C7H11N/c1-6-3-7(6)2-5(6)8-4-7/h5,8H,2-4H2,1H3. The maximum Gasteiger partial charge on any atom is 0.0133 e. The van der Waals surface area contributed by atoms with Crippen molar-refractivity contribution in [1.29, 1.82) is 0 Å². The molecule has 2 saturated carbocycles. The lowest BCUT2D eigenvalue weighted by Gasteiger charge is -2.29. The lowest BCUT2D eigenvalue weighted by atomic mass is 9.75. The highest BCUT2D eigenvalue weighted by molar-refractivity contribution is 5.32. The van der Waals surface area contributed by atoms with Crippen LogP contribution in [0.5, 0.6) is 0 Å². The Morgan fingerprint density at radius 3 is 2.62 bits per heavy atom. The zero-order valence-corrected chi connectivity index (χ0v) is 5.20. The quantitative estimate of drug-likeness (QED) is 0.484. The average molecular weight is 109 g/mol. The number of piperidine rings is 1. The molecule has 2 bridgehead atoms. The van der Waals surface area contributed by atoms with Crippen LogP contribution < -0.4 is 5.32 Å². The smallest absolute Gasteiger partial charge is 0.0133 e. The maximum absolute atomic E-state index is 3.52. The normalized spacial score (nSPS) is 73.9. The van der Waals surface area contributed by atoms with Gasteiger partial charge in [0.25, 0.3) is 0 Å². The molecular weight excluding hydrogens is 98.1 g/mol. The molecule has 2 aliphatic carbocycles. The molecule has 0 amide bonds. The second-order valence-corrected chi connectivity index (χ2v) is 4.01. The molecule has 0 aromatic heterocycles. The second kappa shape index (κ2) is 0.688. The molecule has 3 atom stereocenters. The molecule has 0 aromatic rings. The molecule has 1 spiro atoms. The van der Waals surface area contributed by atoms with Gasteiger partial charge in [0.1, 0.15) is 0 Å². The first-order chi connectivity index (χ1) is 3.77. The Balaban J connectivity index is 2.16. The second-order valence-electron chi connectivity index (χ2n) is 4.01. The van der Waals surface area contributed by atoms with Crippen LogP contribution in [0.15, 0.2) is 0 Å². The van der Waals surface area contributed by atoms with Crippen molar-refractivity contribution in [3.8, 4) is 0 Å². The van der Waals surface area contributed by atoms with Gasteiger partial charge in [0.15, 0.2) is 0 Å². The van der Waals surface area contributed by atoms with Gasteiger partial charge < -0.3 is 5.32 Å². The fourth-order valence-electron chi connectivity index (χ4n) is 2.89. The fourth-order valence-corrected chi connectivity index (χ4v) is 2.89. The van der Waals surface area contributed by atoms with Crippen molar-refractivity contribution < 1.29 is 0 Å². The third-order valence-electron chi connectivity index (χ3n) is 3.84. The highest BCUT2D eigenvalue weighted by atomic mass is 15.1. The number of rotatable bonds is 0. The van der Waals surface area contributed by atoms with E-state index in [0.717, 1.165) is 16.9 Å². The van der Waals surface area contributed by atoms with Crippen LogP contribution in [-0.2, 0) is 0 Å². The van der Waals surface area contributed by atoms with Crippen molar-refractivity contribution in [2.75, 3.05) is 6.54 Å². The van der Waals surface area contributed by atoms with Crippen LogP contribution in [0.3, 0.4) is 0 Å². The van der Waals surface area contributed by atoms with Crippen molar-refractivity contribution in [3.63, 3.8) is 0 Å². The lowest BCUT2D eigenvalue weighted by Crippen LogP contribution is -2.34. The molecule has 4 fully saturated rings. The van der Waals surface area contributed by atoms with Crippen molar-refractivity contribution in [1.82, 2.24) is 5.32 Å². The zero-order chi connectivity index (χ0) is 5.41. The van der Waals surface area contributed by atoms with Crippen LogP contribution in [0.1, 0.15) is 19.8 Å². The Morgan fingerprint density at radius 2 is 2.50 bits per heavy atom. The lowest BCUT2D eigenvalue weighted by molar-refractivity contribution is 0.238. The monoisotopic (exact) mass is 109 g/mol. The van der Waals surface area contributed by atoms with Gasteiger partial charge >= 0.3 is 0 Å². The van der Waals surface area contributed by atoms with Crippen molar-refractivity contribution in [2.24, 2.45) is 10.8 Å². The molecule has 4 rings (SSSR count). The summed E-state index contributed by atoms with van der Waals surface area (Å²) in [5.41, 5.74) is 1.62. The average Bonchev–Trinajstić information content (AvgIpc) is 2.11. The first kappa shape index (κ1) is 3.89. The summed E-state index contributed by atoms with van der Waals surface area (Å²) in [5, 5.41) is 3.52. The molecule has 0 aromatic carbocycles. The number of hydrogen-bond donors (Lipinski definition) is 1. The van der Waals surface area contributed by atoms with Gasteiger partial charge in [-0.15, -0.1) is 0 Å². The van der Waals surface area contributed by atoms with E-state index in [0.29, 0.717) is 0 Å². The topological polar surface area (TPSA) is 12.0 Å². The maximum atomic E-state index is 3.52. The summed E-state index contributed by atoms with van der Waals surface area (Å²) >= 11 is 0. The van der Waals surface area contributed by atoms with E-state index in [1.54, 1.807) is 0 Å². The first-order valence-electron chi connectivity index (χ1n) is 3.50. The minimum atomic E-state index is 0.785. The van der Waals surface area contributed by atoms with E-state index in [-0.39, 0.29) is 0 Å². The van der Waals surface area contributed by atoms with Gasteiger partial charge in [-0.05, 0) is 23.7 Å². The van der Waals surface area contributed by atoms with Gasteiger partial charge in [0, 0.05) is 12.6 Å². The van der Waals surface area contributed by atoms with Crippen LogP contribution in [0.2, 0.25) is 0 Å². The third kappa shape index (κ3) is 0.163. The van der Waals surface area contributed by atoms with Crippen LogP contribution in [-0.4, -0.2) is 12.6 Å². The summed E-state index contributed by atoms with van der Waals surface area (Å²) < 4.78 is 0. The fraction of sp³-hybridized carbons (Fsp3) is 1.00. The van der Waals surface area contributed by atoms with E-state index in [2.05, 4.69) is 12.2 Å². The molecule has 1 heteroatoms. The van der Waals surface area contributed by atoms with Gasteiger partial charge in [0.2, 0.25) is 0 Å². The zero-order valence-electron chi connectivity index (χ0n) is 5.20. The van der Waals surface area contributed by atoms with Gasteiger partial charge in [0.05, 0.1) is 0 Å². The minimum Gasteiger partial charge on any atom is -0.313 e. The molecule has 3 unspecified atom stereocenters. The van der Waals surface area contributed by atoms with Crippen LogP contribution >= 0.6 is 0 Å². The molecule has 0 radical (unpaired) electrons. The number of fused-ring (bicyclic) bond motifs is 1. The van der Waals surface area contributed by atoms with Crippen LogP contribution in [0.4, 0.5) is 0 Å². The Hall–Kier alpha value is -0.0400. The van der Waals surface area contributed by atoms with Gasteiger partial charge in [-0.1, -0.05) is 6.92 Å². The summed E-state index contributed by atoms with van der Waals surface area (Å²) in [4.78, 5) is 0. The predicted molar refractivity (Wildman–Crippen MR) is 31.6 cm³/mol. The Morgan fingerprint density at radius 1 is 1.62 bits per heavy atom. The molecule has 1 N–H and O–H groups in total. The molecule has 8 heavy (non-hydrogen) atoms. The predicted octanol–water partition coefficient (Wildman–Crippen LogP) is 0.758. The third-order valence-corrected chi connectivity index (χ3v) is 3.84. The summed E-state index contributed by atoms with van der Waals surface area (Å²) in [7, 11) is 0. The Labute approximate surface area is 49.5 Å². The van der Waals surface area contributed by atoms with Crippen LogP contribution in [0.25, 0.3) is 0 Å². The molecule has 4 aliphatic rings. The van der Waals surface area contributed by atoms with Crippen molar-refractivity contribution in [3.05, 3.63) is 0 Å². The highest BCUT2D eigenvalue weighted by Gasteiger charge is 2.79. The molecule has 2 aliphatic heterocycles. The molecular formula is C7H11N. The van der Waals surface area contributed by atoms with E-state index in [4.69, 9.17) is 0 Å². The molecule has 2 saturated heterocycles. The Kier molecular flexibility index (Phi) is 0.334. The van der Waals surface area contributed by atoms with Crippen LogP contribution in [0, 0.1) is 10.8 Å². The summed E-state index contributed by atoms with van der Waals surface area (Å²) in [6.07, 6.45) is 3.02. The van der Waals surface area contributed by atoms with E-state index in [9.17, 15) is 0 Å². The van der Waals surface area contributed by atoms with Gasteiger partial charge in [-0.3, -0.25) is 0 Å². The molecule has 44 valence electrons. The van der Waals surface area contributed by atoms with Gasteiger partial charge in [-0.2, -0.15) is 0 Å². The van der Waals surface area contributed by atoms with E-state index >= 15 is 0 Å². The van der Waals surface area contributed by atoms with Crippen molar-refractivity contribution >= 4 is 0 Å². The Bertz CT molecular complexity index is 153. The SMILES string of the molecule is CC12CC13CNC2C3.